The van der Waals surface area contributed by atoms with Crippen molar-refractivity contribution in [1.82, 2.24) is 0 Å². The number of Topliss-reactive ketones (excluding diaryl/α,β-unsaturated/α-hetero) is 1. The van der Waals surface area contributed by atoms with Crippen molar-refractivity contribution in [3.63, 3.8) is 0 Å². The van der Waals surface area contributed by atoms with E-state index in [0.29, 0.717) is 23.7 Å². The zero-order chi connectivity index (χ0) is 19.6. The van der Waals surface area contributed by atoms with Gasteiger partial charge in [0, 0.05) is 18.3 Å². The summed E-state index contributed by atoms with van der Waals surface area (Å²) in [7, 11) is 0. The predicted octanol–water partition coefficient (Wildman–Crippen LogP) is 4.14. The standard InChI is InChI=1S/C23H36O4/c1-13(24)18-7-8-19-17-6-5-15-11-16(27-14(2)25)9-10-22(15,3)20(17)12-21(26)23(18,19)4/h15-21,26H,5-12H2,1-4H3/t15-,16-,17+,18-,19+,20+,21+,22+,23-/m1/s1. The second kappa shape index (κ2) is 6.57. The number of hydrogen-bond donors (Lipinski definition) is 1. The zero-order valence-electron chi connectivity index (χ0n) is 17.4. The van der Waals surface area contributed by atoms with Crippen LogP contribution in [0, 0.1) is 40.4 Å². The van der Waals surface area contributed by atoms with Crippen LogP contribution < -0.4 is 0 Å². The maximum absolute atomic E-state index is 12.3. The van der Waals surface area contributed by atoms with E-state index in [0.717, 1.165) is 38.5 Å². The molecule has 4 saturated carbocycles. The van der Waals surface area contributed by atoms with Crippen molar-refractivity contribution in [2.75, 3.05) is 0 Å². The third-order valence-electron chi connectivity index (χ3n) is 9.55. The Morgan fingerprint density at radius 3 is 2.37 bits per heavy atom. The summed E-state index contributed by atoms with van der Waals surface area (Å²) >= 11 is 0. The van der Waals surface area contributed by atoms with Gasteiger partial charge in [-0.25, -0.2) is 0 Å². The average Bonchev–Trinajstić information content (AvgIpc) is 2.95. The van der Waals surface area contributed by atoms with E-state index in [1.807, 2.05) is 0 Å². The molecule has 0 aromatic rings. The number of aliphatic hydroxyl groups excluding tert-OH is 1. The van der Waals surface area contributed by atoms with E-state index in [9.17, 15) is 14.7 Å². The number of hydrogen-bond acceptors (Lipinski definition) is 4. The smallest absolute Gasteiger partial charge is 0.302 e. The van der Waals surface area contributed by atoms with E-state index in [-0.39, 0.29) is 40.7 Å². The molecule has 0 amide bonds. The van der Waals surface area contributed by atoms with Gasteiger partial charge in [0.05, 0.1) is 6.10 Å². The molecular formula is C23H36O4. The summed E-state index contributed by atoms with van der Waals surface area (Å²) in [6, 6.07) is 0. The molecule has 0 spiro atoms. The molecule has 4 aliphatic carbocycles. The Bertz CT molecular complexity index is 630. The minimum absolute atomic E-state index is 0.0312. The average molecular weight is 377 g/mol. The number of ether oxygens (including phenoxy) is 1. The largest absolute Gasteiger partial charge is 0.463 e. The third-order valence-corrected chi connectivity index (χ3v) is 9.55. The summed E-state index contributed by atoms with van der Waals surface area (Å²) in [6.45, 7) is 7.86. The predicted molar refractivity (Wildman–Crippen MR) is 103 cm³/mol. The van der Waals surface area contributed by atoms with Crippen molar-refractivity contribution in [1.29, 1.82) is 0 Å². The maximum atomic E-state index is 12.3. The molecular weight excluding hydrogens is 340 g/mol. The first-order chi connectivity index (χ1) is 12.7. The van der Waals surface area contributed by atoms with Crippen LogP contribution in [0.5, 0.6) is 0 Å². The van der Waals surface area contributed by atoms with Crippen LogP contribution in [-0.4, -0.2) is 29.1 Å². The van der Waals surface area contributed by atoms with E-state index in [4.69, 9.17) is 4.74 Å². The van der Waals surface area contributed by atoms with Crippen LogP contribution in [0.15, 0.2) is 0 Å². The number of aliphatic hydroxyl groups is 1. The summed E-state index contributed by atoms with van der Waals surface area (Å²) in [5, 5.41) is 11.3. The molecule has 0 aliphatic heterocycles. The first-order valence-corrected chi connectivity index (χ1v) is 11.0. The fourth-order valence-electron chi connectivity index (χ4n) is 8.18. The number of esters is 1. The van der Waals surface area contributed by atoms with Crippen molar-refractivity contribution in [2.24, 2.45) is 40.4 Å². The normalized spacial score (nSPS) is 51.7. The highest BCUT2D eigenvalue weighted by atomic mass is 16.5. The molecule has 0 aromatic carbocycles. The van der Waals surface area contributed by atoms with Gasteiger partial charge in [-0.2, -0.15) is 0 Å². The van der Waals surface area contributed by atoms with Gasteiger partial charge in [-0.1, -0.05) is 13.8 Å². The van der Waals surface area contributed by atoms with Gasteiger partial charge in [0.2, 0.25) is 0 Å². The molecule has 0 radical (unpaired) electrons. The Balaban J connectivity index is 1.58. The number of rotatable bonds is 2. The second-order valence-electron chi connectivity index (χ2n) is 10.5. The summed E-state index contributed by atoms with van der Waals surface area (Å²) in [4.78, 5) is 23.7. The summed E-state index contributed by atoms with van der Waals surface area (Å²) in [6.07, 6.45) is 8.00. The molecule has 0 saturated heterocycles. The van der Waals surface area contributed by atoms with Crippen molar-refractivity contribution in [3.05, 3.63) is 0 Å². The van der Waals surface area contributed by atoms with Gasteiger partial charge in [-0.05, 0) is 87.4 Å². The molecule has 4 fully saturated rings. The van der Waals surface area contributed by atoms with Crippen molar-refractivity contribution < 1.29 is 19.4 Å². The molecule has 152 valence electrons. The number of fused-ring (bicyclic) bond motifs is 5. The second-order valence-corrected chi connectivity index (χ2v) is 10.5. The fourth-order valence-corrected chi connectivity index (χ4v) is 8.18. The molecule has 0 heterocycles. The van der Waals surface area contributed by atoms with Crippen molar-refractivity contribution >= 4 is 11.8 Å². The number of ketones is 1. The summed E-state index contributed by atoms with van der Waals surface area (Å²) in [5.41, 5.74) is 0.00132. The van der Waals surface area contributed by atoms with Crippen LogP contribution in [0.25, 0.3) is 0 Å². The lowest BCUT2D eigenvalue weighted by Crippen LogP contribution is -2.59. The highest BCUT2D eigenvalue weighted by Crippen LogP contribution is 2.67. The molecule has 4 rings (SSSR count). The molecule has 27 heavy (non-hydrogen) atoms. The van der Waals surface area contributed by atoms with Crippen LogP contribution in [0.2, 0.25) is 0 Å². The van der Waals surface area contributed by atoms with Crippen LogP contribution >= 0.6 is 0 Å². The monoisotopic (exact) mass is 376 g/mol. The molecule has 1 N–H and O–H groups in total. The zero-order valence-corrected chi connectivity index (χ0v) is 17.4. The van der Waals surface area contributed by atoms with E-state index >= 15 is 0 Å². The van der Waals surface area contributed by atoms with Gasteiger partial charge in [0.25, 0.3) is 0 Å². The fraction of sp³-hybridized carbons (Fsp3) is 0.913. The SMILES string of the molecule is CC(=O)O[C@@H]1CC[C@@]2(C)[C@H](CC[C@@H]3[C@@H]2C[C@H](O)[C@]2(C)[C@@H](C(C)=O)CC[C@@H]32)C1. The Morgan fingerprint density at radius 1 is 0.963 bits per heavy atom. The van der Waals surface area contributed by atoms with Gasteiger partial charge >= 0.3 is 5.97 Å². The van der Waals surface area contributed by atoms with E-state index < -0.39 is 0 Å². The Morgan fingerprint density at radius 2 is 1.70 bits per heavy atom. The lowest BCUT2D eigenvalue weighted by atomic mass is 9.44. The quantitative estimate of drug-likeness (QED) is 0.736. The molecule has 4 heteroatoms. The molecule has 9 atom stereocenters. The van der Waals surface area contributed by atoms with E-state index in [1.54, 1.807) is 6.92 Å². The first kappa shape index (κ1) is 19.4. The van der Waals surface area contributed by atoms with Crippen molar-refractivity contribution in [2.45, 2.75) is 91.3 Å². The minimum Gasteiger partial charge on any atom is -0.463 e. The van der Waals surface area contributed by atoms with E-state index in [1.165, 1.54) is 19.8 Å². The Hall–Kier alpha value is -0.900. The molecule has 4 aliphatic rings. The van der Waals surface area contributed by atoms with Gasteiger partial charge in [-0.15, -0.1) is 0 Å². The Labute approximate surface area is 163 Å². The van der Waals surface area contributed by atoms with Crippen LogP contribution in [0.3, 0.4) is 0 Å². The first-order valence-electron chi connectivity index (χ1n) is 11.0. The topological polar surface area (TPSA) is 63.6 Å². The highest BCUT2D eigenvalue weighted by Gasteiger charge is 2.64. The molecule has 0 aromatic heterocycles. The molecule has 0 unspecified atom stereocenters. The van der Waals surface area contributed by atoms with Gasteiger partial charge in [0.15, 0.2) is 0 Å². The third kappa shape index (κ3) is 2.81. The molecule has 0 bridgehead atoms. The lowest BCUT2D eigenvalue weighted by molar-refractivity contribution is -0.179. The van der Waals surface area contributed by atoms with Gasteiger partial charge in [0.1, 0.15) is 11.9 Å². The highest BCUT2D eigenvalue weighted by molar-refractivity contribution is 5.79. The van der Waals surface area contributed by atoms with Crippen molar-refractivity contribution in [3.8, 4) is 0 Å². The minimum atomic E-state index is -0.373. The van der Waals surface area contributed by atoms with Crippen LogP contribution in [0.1, 0.15) is 79.1 Å². The maximum Gasteiger partial charge on any atom is 0.302 e. The lowest BCUT2D eigenvalue weighted by Gasteiger charge is -2.62. The van der Waals surface area contributed by atoms with Crippen LogP contribution in [0.4, 0.5) is 0 Å². The number of carbonyl (C=O) groups excluding carboxylic acids is 2. The summed E-state index contributed by atoms with van der Waals surface area (Å²) < 4.78 is 5.54. The Kier molecular flexibility index (Phi) is 4.73. The molecule has 4 nitrogen and oxygen atoms in total. The van der Waals surface area contributed by atoms with E-state index in [2.05, 4.69) is 13.8 Å². The summed E-state index contributed by atoms with van der Waals surface area (Å²) in [5.74, 6) is 2.36. The van der Waals surface area contributed by atoms with Gasteiger partial charge < -0.3 is 9.84 Å². The van der Waals surface area contributed by atoms with Crippen LogP contribution in [-0.2, 0) is 14.3 Å². The number of carbonyl (C=O) groups is 2. The van der Waals surface area contributed by atoms with Gasteiger partial charge in [-0.3, -0.25) is 9.59 Å².